The van der Waals surface area contributed by atoms with Crippen LogP contribution < -0.4 is 10.6 Å². The van der Waals surface area contributed by atoms with Gasteiger partial charge in [-0.05, 0) is 72.6 Å². The molecule has 182 valence electrons. The van der Waals surface area contributed by atoms with Gasteiger partial charge in [0.05, 0.1) is 11.1 Å². The smallest absolute Gasteiger partial charge is 0.326 e. The van der Waals surface area contributed by atoms with Crippen LogP contribution in [0.2, 0.25) is 0 Å². The van der Waals surface area contributed by atoms with Crippen molar-refractivity contribution in [2.45, 2.75) is 51.5 Å². The van der Waals surface area contributed by atoms with Crippen LogP contribution in [0.1, 0.15) is 43.9 Å². The molecule has 0 saturated carbocycles. The zero-order chi connectivity index (χ0) is 24.1. The molecule has 2 heterocycles. The van der Waals surface area contributed by atoms with Crippen molar-refractivity contribution in [3.8, 4) is 0 Å². The van der Waals surface area contributed by atoms with E-state index < -0.39 is 12.0 Å². The van der Waals surface area contributed by atoms with Crippen molar-refractivity contribution in [1.29, 1.82) is 0 Å². The maximum absolute atomic E-state index is 12.8. The van der Waals surface area contributed by atoms with Crippen LogP contribution in [0.4, 0.5) is 16.0 Å². The van der Waals surface area contributed by atoms with Gasteiger partial charge in [0.15, 0.2) is 0 Å². The molecule has 2 aromatic heterocycles. The highest BCUT2D eigenvalue weighted by molar-refractivity contribution is 9.10. The lowest BCUT2D eigenvalue weighted by molar-refractivity contribution is -0.138. The summed E-state index contributed by atoms with van der Waals surface area (Å²) in [5.41, 5.74) is 2.26. The van der Waals surface area contributed by atoms with E-state index in [0.29, 0.717) is 36.2 Å². The first-order valence-electron chi connectivity index (χ1n) is 11.4. The lowest BCUT2D eigenvalue weighted by Crippen LogP contribution is -2.36. The number of pyridine rings is 1. The number of hydrogen-bond donors (Lipinski definition) is 3. The predicted octanol–water partition coefficient (Wildman–Crippen LogP) is 4.18. The summed E-state index contributed by atoms with van der Waals surface area (Å²) < 4.78 is 13.4. The quantitative estimate of drug-likeness (QED) is 0.281. The Morgan fingerprint density at radius 2 is 2.00 bits per heavy atom. The zero-order valence-corrected chi connectivity index (χ0v) is 20.9. The molecule has 1 atom stereocenters. The molecule has 0 aliphatic carbocycles. The number of aromatic nitrogens is 3. The van der Waals surface area contributed by atoms with Gasteiger partial charge in [0.25, 0.3) is 0 Å². The summed E-state index contributed by atoms with van der Waals surface area (Å²) >= 11 is 3.32. The van der Waals surface area contributed by atoms with E-state index in [1.807, 2.05) is 7.05 Å². The molecular weight excluding hydrogens is 491 g/mol. The van der Waals surface area contributed by atoms with Gasteiger partial charge in [-0.25, -0.2) is 19.7 Å². The summed E-state index contributed by atoms with van der Waals surface area (Å²) in [7, 11) is 1.89. The van der Waals surface area contributed by atoms with E-state index >= 15 is 0 Å². The zero-order valence-electron chi connectivity index (χ0n) is 19.4. The minimum Gasteiger partial charge on any atom is -0.480 e. The first-order valence-corrected chi connectivity index (χ1v) is 12.2. The number of unbranched alkanes of at least 4 members (excludes halogenated alkanes) is 1. The molecule has 0 aromatic carbocycles. The third-order valence-corrected chi connectivity index (χ3v) is 6.01. The van der Waals surface area contributed by atoms with Gasteiger partial charge in [-0.15, -0.1) is 0 Å². The lowest BCUT2D eigenvalue weighted by Gasteiger charge is -2.24. The predicted molar refractivity (Wildman–Crippen MR) is 133 cm³/mol. The van der Waals surface area contributed by atoms with Gasteiger partial charge in [-0.1, -0.05) is 13.0 Å². The van der Waals surface area contributed by atoms with E-state index in [2.05, 4.69) is 60.5 Å². The van der Waals surface area contributed by atoms with Crippen LogP contribution in [0.3, 0.4) is 0 Å². The van der Waals surface area contributed by atoms with Crippen LogP contribution in [0.25, 0.3) is 0 Å². The fraction of sp³-hybridized carbons (Fsp3) is 0.565. The average Bonchev–Trinajstić information content (AvgIpc) is 2.82. The highest BCUT2D eigenvalue weighted by Gasteiger charge is 2.20. The third kappa shape index (κ3) is 9.21. The number of alkyl halides is 1. The Morgan fingerprint density at radius 1 is 1.21 bits per heavy atom. The maximum atomic E-state index is 12.8. The van der Waals surface area contributed by atoms with Gasteiger partial charge in [0, 0.05) is 32.0 Å². The molecule has 3 N–H and O–H groups in total. The normalized spacial score (nSPS) is 12.0. The van der Waals surface area contributed by atoms with E-state index in [4.69, 9.17) is 4.98 Å². The first-order chi connectivity index (χ1) is 16.0. The van der Waals surface area contributed by atoms with Gasteiger partial charge < -0.3 is 20.6 Å². The molecular formula is C23H34BrFN6O2. The van der Waals surface area contributed by atoms with Gasteiger partial charge in [0.2, 0.25) is 0 Å². The Labute approximate surface area is 203 Å². The van der Waals surface area contributed by atoms with E-state index in [0.717, 1.165) is 43.7 Å². The van der Waals surface area contributed by atoms with Gasteiger partial charge in [-0.2, -0.15) is 0 Å². The number of rotatable bonds is 16. The molecule has 0 fully saturated rings. The molecule has 0 amide bonds. The first kappa shape index (κ1) is 26.9. The number of hydrogen-bond acceptors (Lipinski definition) is 7. The second-order valence-electron chi connectivity index (χ2n) is 7.80. The van der Waals surface area contributed by atoms with Crippen LogP contribution >= 0.6 is 15.9 Å². The number of carboxylic acids is 1. The molecule has 8 nitrogen and oxygen atoms in total. The molecule has 2 rings (SSSR count). The number of aliphatic carboxylic acids is 1. The minimum atomic E-state index is -0.951. The fourth-order valence-corrected chi connectivity index (χ4v) is 3.92. The molecule has 0 radical (unpaired) electrons. The molecule has 0 aliphatic heterocycles. The van der Waals surface area contributed by atoms with E-state index in [1.54, 1.807) is 6.20 Å². The topological polar surface area (TPSA) is 103 Å². The number of carbonyl (C=O) groups is 1. The number of anilines is 2. The number of carboxylic acid groups (broad SMARTS) is 1. The van der Waals surface area contributed by atoms with Crippen molar-refractivity contribution in [1.82, 2.24) is 19.9 Å². The Hall–Kier alpha value is -2.33. The summed E-state index contributed by atoms with van der Waals surface area (Å²) in [6.45, 7) is 3.68. The van der Waals surface area contributed by atoms with Crippen molar-refractivity contribution in [3.05, 3.63) is 40.4 Å². The molecule has 0 bridgehead atoms. The van der Waals surface area contributed by atoms with Gasteiger partial charge >= 0.3 is 5.97 Å². The number of nitrogens with zero attached hydrogens (tertiary/aromatic N) is 4. The van der Waals surface area contributed by atoms with Gasteiger partial charge in [0.1, 0.15) is 24.0 Å². The molecule has 2 aromatic rings. The molecule has 10 heteroatoms. The third-order valence-electron chi connectivity index (χ3n) is 5.43. The van der Waals surface area contributed by atoms with Gasteiger partial charge in [-0.3, -0.25) is 4.39 Å². The lowest BCUT2D eigenvalue weighted by atomic mass is 10.1. The SMILES string of the molecule is CCc1ccc(CCCCN(CCCF)CCC(Nc2ncncc2Br)C(=O)O)nc1NC. The highest BCUT2D eigenvalue weighted by Crippen LogP contribution is 2.19. The molecule has 0 spiro atoms. The van der Waals surface area contributed by atoms with Crippen LogP contribution in [-0.4, -0.2) is 70.3 Å². The highest BCUT2D eigenvalue weighted by atomic mass is 79.9. The molecule has 0 aliphatic rings. The van der Waals surface area contributed by atoms with E-state index in [9.17, 15) is 14.3 Å². The second kappa shape index (κ2) is 14.7. The number of aryl methyl sites for hydroxylation is 2. The van der Waals surface area contributed by atoms with Crippen molar-refractivity contribution in [2.75, 3.05) is 44.0 Å². The average molecular weight is 525 g/mol. The fourth-order valence-electron chi connectivity index (χ4n) is 3.58. The van der Waals surface area contributed by atoms with Crippen LogP contribution in [-0.2, 0) is 17.6 Å². The van der Waals surface area contributed by atoms with E-state index in [-0.39, 0.29) is 6.67 Å². The minimum absolute atomic E-state index is 0.379. The summed E-state index contributed by atoms with van der Waals surface area (Å²) in [5, 5.41) is 15.7. The summed E-state index contributed by atoms with van der Waals surface area (Å²) in [6, 6.07) is 3.40. The Kier molecular flexibility index (Phi) is 12.0. The molecule has 0 saturated heterocycles. The van der Waals surface area contributed by atoms with Crippen molar-refractivity contribution in [3.63, 3.8) is 0 Å². The Bertz CT molecular complexity index is 873. The standard InChI is InChI=1S/C23H34BrFN6O2/c1-3-17-8-9-18(29-21(17)26-2)7-4-5-12-31(13-6-11-25)14-10-20(23(32)33)30-22-19(24)15-27-16-28-22/h8-9,15-16,20H,3-7,10-14H2,1-2H3,(H,26,29)(H,32,33)(H,27,28,30). The van der Waals surface area contributed by atoms with Crippen LogP contribution in [0.15, 0.2) is 29.1 Å². The second-order valence-corrected chi connectivity index (χ2v) is 8.65. The van der Waals surface area contributed by atoms with Crippen molar-refractivity contribution >= 4 is 33.5 Å². The van der Waals surface area contributed by atoms with E-state index in [1.165, 1.54) is 11.9 Å². The summed E-state index contributed by atoms with van der Waals surface area (Å²) in [6.07, 6.45) is 7.45. The monoisotopic (exact) mass is 524 g/mol. The van der Waals surface area contributed by atoms with Crippen LogP contribution in [0, 0.1) is 0 Å². The number of halogens is 2. The van der Waals surface area contributed by atoms with Crippen molar-refractivity contribution < 1.29 is 14.3 Å². The molecule has 1 unspecified atom stereocenters. The maximum Gasteiger partial charge on any atom is 0.326 e. The Morgan fingerprint density at radius 3 is 2.67 bits per heavy atom. The largest absolute Gasteiger partial charge is 0.480 e. The summed E-state index contributed by atoms with van der Waals surface area (Å²) in [5.74, 6) is 0.422. The Balaban J connectivity index is 1.86. The van der Waals surface area contributed by atoms with Crippen molar-refractivity contribution in [2.24, 2.45) is 0 Å². The summed E-state index contributed by atoms with van der Waals surface area (Å²) in [4.78, 5) is 26.5. The number of nitrogens with one attached hydrogen (secondary N) is 2. The van der Waals surface area contributed by atoms with Crippen LogP contribution in [0.5, 0.6) is 0 Å². The molecule has 33 heavy (non-hydrogen) atoms.